The molecule has 1 fully saturated rings. The average Bonchev–Trinajstić information content (AvgIpc) is 3.55. The highest BCUT2D eigenvalue weighted by atomic mass is 35.5. The molecule has 3 heterocycles. The average molecular weight is 546 g/mol. The number of hydrogen-bond acceptors (Lipinski definition) is 7. The Morgan fingerprint density at radius 2 is 1.83 bits per heavy atom. The second kappa shape index (κ2) is 9.87. The molecule has 35 heavy (non-hydrogen) atoms. The van der Waals surface area contributed by atoms with E-state index in [2.05, 4.69) is 4.98 Å². The van der Waals surface area contributed by atoms with E-state index < -0.39 is 10.0 Å². The fraction of sp³-hybridized carbons (Fsp3) is 0.208. The second-order valence-electron chi connectivity index (χ2n) is 7.98. The van der Waals surface area contributed by atoms with Crippen LogP contribution in [0, 0.1) is 0 Å². The van der Waals surface area contributed by atoms with Crippen molar-refractivity contribution in [3.63, 3.8) is 0 Å². The highest BCUT2D eigenvalue weighted by Gasteiger charge is 2.27. The standard InChI is InChI=1S/C24H20ClN3O4S3/c25-22-11-10-21(34-22)20(29)15-33-24-26-19-9-2-1-8-18(19)23(30)28(24)16-6-5-7-17(14-16)35(31,32)27-12-3-4-13-27/h1-2,5-11,14H,3-4,12-13,15H2. The number of Topliss-reactive ketones (excluding diaryl/α,β-unsaturated/α-hetero) is 1. The summed E-state index contributed by atoms with van der Waals surface area (Å²) < 4.78 is 29.6. The Morgan fingerprint density at radius 3 is 2.57 bits per heavy atom. The Labute approximate surface area is 215 Å². The van der Waals surface area contributed by atoms with Crippen LogP contribution in [-0.4, -0.2) is 46.9 Å². The molecule has 0 radical (unpaired) electrons. The zero-order valence-electron chi connectivity index (χ0n) is 18.4. The molecule has 0 saturated carbocycles. The number of halogens is 1. The third kappa shape index (κ3) is 4.81. The van der Waals surface area contributed by atoms with E-state index in [1.807, 2.05) is 0 Å². The van der Waals surface area contributed by atoms with E-state index >= 15 is 0 Å². The molecule has 0 amide bonds. The summed E-state index contributed by atoms with van der Waals surface area (Å²) in [5, 5.41) is 0.710. The number of nitrogens with zero attached hydrogens (tertiary/aromatic N) is 3. The molecule has 2 aromatic carbocycles. The van der Waals surface area contributed by atoms with Crippen LogP contribution in [0.3, 0.4) is 0 Å². The summed E-state index contributed by atoms with van der Waals surface area (Å²) in [5.74, 6) is -0.0841. The van der Waals surface area contributed by atoms with Crippen molar-refractivity contribution < 1.29 is 13.2 Å². The number of carbonyl (C=O) groups is 1. The van der Waals surface area contributed by atoms with Crippen molar-refractivity contribution in [2.75, 3.05) is 18.8 Å². The molecule has 1 aliphatic heterocycles. The molecule has 1 aliphatic rings. The minimum Gasteiger partial charge on any atom is -0.292 e. The maximum absolute atomic E-state index is 13.5. The van der Waals surface area contributed by atoms with Crippen LogP contribution in [0.5, 0.6) is 0 Å². The van der Waals surface area contributed by atoms with E-state index in [9.17, 15) is 18.0 Å². The van der Waals surface area contributed by atoms with Gasteiger partial charge in [0, 0.05) is 13.1 Å². The fourth-order valence-corrected chi connectivity index (χ4v) is 7.49. The lowest BCUT2D eigenvalue weighted by molar-refractivity contribution is 0.102. The largest absolute Gasteiger partial charge is 0.292 e. The van der Waals surface area contributed by atoms with Gasteiger partial charge in [0.2, 0.25) is 10.0 Å². The van der Waals surface area contributed by atoms with Gasteiger partial charge in [-0.2, -0.15) is 4.31 Å². The summed E-state index contributed by atoms with van der Waals surface area (Å²) in [6, 6.07) is 16.6. The Balaban J connectivity index is 1.58. The first-order valence-corrected chi connectivity index (χ1v) is 14.5. The number of ketones is 1. The van der Waals surface area contributed by atoms with Crippen LogP contribution >= 0.6 is 34.7 Å². The fourth-order valence-electron chi connectivity index (χ4n) is 3.96. The number of sulfonamides is 1. The van der Waals surface area contributed by atoms with Crippen LogP contribution < -0.4 is 5.56 Å². The third-order valence-corrected chi connectivity index (χ3v) is 9.81. The van der Waals surface area contributed by atoms with Crippen molar-refractivity contribution in [2.45, 2.75) is 22.9 Å². The molecule has 0 bridgehead atoms. The Bertz CT molecular complexity index is 1590. The van der Waals surface area contributed by atoms with E-state index in [0.29, 0.717) is 44.0 Å². The molecule has 1 saturated heterocycles. The lowest BCUT2D eigenvalue weighted by atomic mass is 10.2. The van der Waals surface area contributed by atoms with Gasteiger partial charge in [0.25, 0.3) is 5.56 Å². The number of rotatable bonds is 7. The van der Waals surface area contributed by atoms with Gasteiger partial charge in [-0.05, 0) is 55.3 Å². The van der Waals surface area contributed by atoms with Gasteiger partial charge in [0.15, 0.2) is 10.9 Å². The minimum absolute atomic E-state index is 0.0490. The number of hydrogen-bond donors (Lipinski definition) is 0. The molecule has 0 N–H and O–H groups in total. The highest BCUT2D eigenvalue weighted by molar-refractivity contribution is 7.99. The molecule has 0 spiro atoms. The number of aromatic nitrogens is 2. The SMILES string of the molecule is O=C(CSc1nc2ccccc2c(=O)n1-c1cccc(S(=O)(=O)N2CCCC2)c1)c1ccc(Cl)s1. The monoisotopic (exact) mass is 545 g/mol. The van der Waals surface area contributed by atoms with Gasteiger partial charge in [0.05, 0.1) is 36.5 Å². The third-order valence-electron chi connectivity index (χ3n) is 5.70. The number of carbonyl (C=O) groups excluding carboxylic acids is 1. The summed E-state index contributed by atoms with van der Waals surface area (Å²) in [6.45, 7) is 0.972. The minimum atomic E-state index is -3.67. The predicted molar refractivity (Wildman–Crippen MR) is 140 cm³/mol. The van der Waals surface area contributed by atoms with Gasteiger partial charge in [-0.3, -0.25) is 14.2 Å². The first kappa shape index (κ1) is 24.2. The van der Waals surface area contributed by atoms with Crippen LogP contribution in [0.25, 0.3) is 16.6 Å². The van der Waals surface area contributed by atoms with Crippen molar-refractivity contribution in [2.24, 2.45) is 0 Å². The van der Waals surface area contributed by atoms with Gasteiger partial charge in [-0.15, -0.1) is 11.3 Å². The molecule has 2 aromatic heterocycles. The molecule has 5 rings (SSSR count). The molecule has 0 aliphatic carbocycles. The zero-order chi connectivity index (χ0) is 24.6. The predicted octanol–water partition coefficient (Wildman–Crippen LogP) is 4.86. The van der Waals surface area contributed by atoms with Gasteiger partial charge < -0.3 is 0 Å². The van der Waals surface area contributed by atoms with Crippen LogP contribution in [0.2, 0.25) is 4.34 Å². The molecular formula is C24H20ClN3O4S3. The number of para-hydroxylation sites is 1. The Morgan fingerprint density at radius 1 is 1.06 bits per heavy atom. The number of fused-ring (bicyclic) bond motifs is 1. The highest BCUT2D eigenvalue weighted by Crippen LogP contribution is 2.28. The van der Waals surface area contributed by atoms with Crippen molar-refractivity contribution in [3.8, 4) is 5.69 Å². The van der Waals surface area contributed by atoms with Crippen LogP contribution in [0.15, 0.2) is 75.5 Å². The summed E-state index contributed by atoms with van der Waals surface area (Å²) in [4.78, 5) is 31.5. The number of benzene rings is 2. The van der Waals surface area contributed by atoms with Gasteiger partial charge in [0.1, 0.15) is 0 Å². The summed E-state index contributed by atoms with van der Waals surface area (Å²) in [6.07, 6.45) is 1.66. The van der Waals surface area contributed by atoms with E-state index in [0.717, 1.165) is 24.6 Å². The van der Waals surface area contributed by atoms with Gasteiger partial charge in [-0.25, -0.2) is 13.4 Å². The number of thiophene rings is 1. The maximum atomic E-state index is 13.5. The molecule has 11 heteroatoms. The lowest BCUT2D eigenvalue weighted by Gasteiger charge is -2.17. The van der Waals surface area contributed by atoms with Crippen molar-refractivity contribution in [3.05, 3.63) is 80.2 Å². The van der Waals surface area contributed by atoms with Crippen LogP contribution in [0.1, 0.15) is 22.5 Å². The molecule has 4 aromatic rings. The van der Waals surface area contributed by atoms with Crippen LogP contribution in [0.4, 0.5) is 0 Å². The Hall–Kier alpha value is -2.50. The summed E-state index contributed by atoms with van der Waals surface area (Å²) >= 11 is 8.28. The van der Waals surface area contributed by atoms with E-state index in [4.69, 9.17) is 11.6 Å². The summed E-state index contributed by atoms with van der Waals surface area (Å²) in [5.41, 5.74) is 0.548. The number of thioether (sulfide) groups is 1. The lowest BCUT2D eigenvalue weighted by Crippen LogP contribution is -2.28. The molecule has 0 unspecified atom stereocenters. The first-order chi connectivity index (χ1) is 16.8. The Kier molecular flexibility index (Phi) is 6.82. The quantitative estimate of drug-likeness (QED) is 0.187. The maximum Gasteiger partial charge on any atom is 0.266 e. The zero-order valence-corrected chi connectivity index (χ0v) is 21.6. The van der Waals surface area contributed by atoms with E-state index in [1.165, 1.54) is 32.3 Å². The molecule has 180 valence electrons. The first-order valence-electron chi connectivity index (χ1n) is 10.9. The molecule has 0 atom stereocenters. The second-order valence-corrected chi connectivity index (χ2v) is 12.6. The summed E-state index contributed by atoms with van der Waals surface area (Å²) in [7, 11) is -3.67. The van der Waals surface area contributed by atoms with Gasteiger partial charge in [-0.1, -0.05) is 41.6 Å². The smallest absolute Gasteiger partial charge is 0.266 e. The van der Waals surface area contributed by atoms with E-state index in [-0.39, 0.29) is 22.0 Å². The van der Waals surface area contributed by atoms with Gasteiger partial charge >= 0.3 is 0 Å². The molecular weight excluding hydrogens is 526 g/mol. The van der Waals surface area contributed by atoms with Crippen molar-refractivity contribution in [1.29, 1.82) is 0 Å². The topological polar surface area (TPSA) is 89.3 Å². The van der Waals surface area contributed by atoms with Crippen molar-refractivity contribution >= 4 is 61.4 Å². The molecule has 7 nitrogen and oxygen atoms in total. The van der Waals surface area contributed by atoms with E-state index in [1.54, 1.807) is 48.5 Å². The normalized spacial score (nSPS) is 14.5. The van der Waals surface area contributed by atoms with Crippen LogP contribution in [-0.2, 0) is 10.0 Å². The van der Waals surface area contributed by atoms with Crippen molar-refractivity contribution in [1.82, 2.24) is 13.9 Å².